The molecule has 13 heavy (non-hydrogen) atoms. The summed E-state index contributed by atoms with van der Waals surface area (Å²) in [6.07, 6.45) is -6.41. The number of hydrogen-bond acceptors (Lipinski definition) is 6. The highest BCUT2D eigenvalue weighted by Gasteiger charge is 2.30. The van der Waals surface area contributed by atoms with E-state index in [1.807, 2.05) is 0 Å². The van der Waals surface area contributed by atoms with E-state index in [2.05, 4.69) is 20.1 Å². The van der Waals surface area contributed by atoms with Crippen LogP contribution in [-0.4, -0.2) is 57.7 Å². The van der Waals surface area contributed by atoms with Crippen molar-refractivity contribution >= 4 is 22.5 Å². The van der Waals surface area contributed by atoms with Crippen LogP contribution < -0.4 is 0 Å². The van der Waals surface area contributed by atoms with Crippen molar-refractivity contribution in [3.63, 3.8) is 0 Å². The second-order valence-corrected chi connectivity index (χ2v) is 2.91. The normalized spacial score (nSPS) is 20.4. The maximum atomic E-state index is 9.99. The first-order chi connectivity index (χ1) is 6.04. The molecule has 0 aromatic carbocycles. The highest BCUT2D eigenvalue weighted by molar-refractivity contribution is 9.06. The molecule has 0 radical (unpaired) electrons. The Hall–Kier alpha value is -0.0500. The molecule has 7 heteroatoms. The first-order valence-corrected chi connectivity index (χ1v) is 4.10. The van der Waals surface area contributed by atoms with Gasteiger partial charge in [0.25, 0.3) is 0 Å². The van der Waals surface area contributed by atoms with Crippen molar-refractivity contribution in [1.82, 2.24) is 0 Å². The van der Waals surface area contributed by atoms with Gasteiger partial charge in [-0.05, 0) is 0 Å². The Bertz CT molecular complexity index is 154. The van der Waals surface area contributed by atoms with Crippen molar-refractivity contribution in [3.8, 4) is 0 Å². The fraction of sp³-hybridized carbons (Fsp3) is 0.833. The van der Waals surface area contributed by atoms with E-state index >= 15 is 0 Å². The van der Waals surface area contributed by atoms with Gasteiger partial charge in [0.1, 0.15) is 24.4 Å². The summed E-state index contributed by atoms with van der Waals surface area (Å²) in [5.74, 6) is 0. The van der Waals surface area contributed by atoms with Crippen LogP contribution in [0.15, 0.2) is 0 Å². The van der Waals surface area contributed by atoms with Gasteiger partial charge >= 0.3 is 0 Å². The SMILES string of the molecule is O=C[C@H](O)[C@@H](O)[C@H](O)[C@H](O)COBr. The van der Waals surface area contributed by atoms with Gasteiger partial charge in [0, 0.05) is 0 Å². The maximum Gasteiger partial charge on any atom is 0.151 e. The Labute approximate surface area is 83.2 Å². The molecule has 78 valence electrons. The fourth-order valence-electron chi connectivity index (χ4n) is 0.673. The van der Waals surface area contributed by atoms with Crippen LogP contribution in [0.2, 0.25) is 0 Å². The molecule has 0 aliphatic heterocycles. The molecule has 0 aromatic heterocycles. The number of aldehydes is 1. The topological polar surface area (TPSA) is 107 Å². The van der Waals surface area contributed by atoms with Gasteiger partial charge in [-0.25, -0.2) is 0 Å². The Morgan fingerprint density at radius 2 is 1.77 bits per heavy atom. The Kier molecular flexibility index (Phi) is 6.39. The third-order valence-electron chi connectivity index (χ3n) is 1.47. The number of halogens is 1. The average molecular weight is 259 g/mol. The minimum absolute atomic E-state index is 0.0651. The van der Waals surface area contributed by atoms with Crippen LogP contribution in [0.5, 0.6) is 0 Å². The van der Waals surface area contributed by atoms with E-state index in [-0.39, 0.29) is 12.9 Å². The smallest absolute Gasteiger partial charge is 0.151 e. The van der Waals surface area contributed by atoms with E-state index in [1.165, 1.54) is 0 Å². The molecular weight excluding hydrogens is 248 g/mol. The van der Waals surface area contributed by atoms with E-state index in [0.717, 1.165) is 0 Å². The van der Waals surface area contributed by atoms with Gasteiger partial charge < -0.3 is 29.0 Å². The molecule has 6 nitrogen and oxygen atoms in total. The van der Waals surface area contributed by atoms with Gasteiger partial charge in [-0.15, -0.1) is 0 Å². The van der Waals surface area contributed by atoms with Gasteiger partial charge in [-0.1, -0.05) is 0 Å². The van der Waals surface area contributed by atoms with Crippen LogP contribution in [0.1, 0.15) is 0 Å². The lowest BCUT2D eigenvalue weighted by molar-refractivity contribution is -0.135. The molecular formula is C6H11BrO6. The first kappa shape index (κ1) is 12.9. The first-order valence-electron chi connectivity index (χ1n) is 3.45. The summed E-state index contributed by atoms with van der Waals surface area (Å²) < 4.78 is 4.31. The largest absolute Gasteiger partial charge is 0.388 e. The van der Waals surface area contributed by atoms with Crippen molar-refractivity contribution in [2.24, 2.45) is 0 Å². The Balaban J connectivity index is 4.06. The predicted octanol–water partition coefficient (Wildman–Crippen LogP) is -2.04. The van der Waals surface area contributed by atoms with Gasteiger partial charge in [-0.2, -0.15) is 0 Å². The molecule has 0 aliphatic rings. The zero-order valence-electron chi connectivity index (χ0n) is 6.58. The van der Waals surface area contributed by atoms with Gasteiger partial charge in [0.15, 0.2) is 6.29 Å². The minimum atomic E-state index is -1.73. The molecule has 4 N–H and O–H groups in total. The monoisotopic (exact) mass is 258 g/mol. The van der Waals surface area contributed by atoms with E-state index in [1.54, 1.807) is 0 Å². The average Bonchev–Trinajstić information content (AvgIpc) is 2.14. The predicted molar refractivity (Wildman–Crippen MR) is 45.0 cm³/mol. The summed E-state index contributed by atoms with van der Waals surface area (Å²) >= 11 is 2.54. The minimum Gasteiger partial charge on any atom is -0.388 e. The van der Waals surface area contributed by atoms with Crippen LogP contribution in [0.4, 0.5) is 0 Å². The summed E-state index contributed by atoms with van der Waals surface area (Å²) in [5.41, 5.74) is 0. The molecule has 0 heterocycles. The highest BCUT2D eigenvalue weighted by Crippen LogP contribution is 2.05. The van der Waals surface area contributed by atoms with Gasteiger partial charge in [-0.3, -0.25) is 0 Å². The van der Waals surface area contributed by atoms with Crippen molar-refractivity contribution in [3.05, 3.63) is 0 Å². The third kappa shape index (κ3) is 4.12. The Morgan fingerprint density at radius 1 is 1.23 bits per heavy atom. The van der Waals surface area contributed by atoms with Crippen molar-refractivity contribution in [2.75, 3.05) is 6.61 Å². The quantitative estimate of drug-likeness (QED) is 0.409. The molecule has 0 spiro atoms. The number of hydrogen-bond donors (Lipinski definition) is 4. The van der Waals surface area contributed by atoms with Crippen LogP contribution in [0.25, 0.3) is 0 Å². The molecule has 0 rings (SSSR count). The summed E-state index contributed by atoms with van der Waals surface area (Å²) in [5, 5.41) is 35.9. The second kappa shape index (κ2) is 6.41. The highest BCUT2D eigenvalue weighted by atomic mass is 79.9. The Morgan fingerprint density at radius 3 is 2.15 bits per heavy atom. The van der Waals surface area contributed by atoms with Crippen LogP contribution >= 0.6 is 16.3 Å². The van der Waals surface area contributed by atoms with Crippen molar-refractivity contribution < 1.29 is 29.0 Å². The molecule has 0 saturated carbocycles. The van der Waals surface area contributed by atoms with Crippen LogP contribution in [0.3, 0.4) is 0 Å². The lowest BCUT2D eigenvalue weighted by Crippen LogP contribution is -2.46. The molecule has 0 amide bonds. The van der Waals surface area contributed by atoms with Gasteiger partial charge in [0.2, 0.25) is 0 Å². The van der Waals surface area contributed by atoms with Crippen LogP contribution in [-0.2, 0) is 8.62 Å². The number of aliphatic hydroxyl groups excluding tert-OH is 4. The van der Waals surface area contributed by atoms with E-state index < -0.39 is 24.4 Å². The zero-order chi connectivity index (χ0) is 10.4. The standard InChI is InChI=1S/C6H11BrO6/c7-13-2-4(10)6(12)5(11)3(9)1-8/h1,3-6,9-12H,2H2/t3-,4+,5+,6+/m0/s1. The maximum absolute atomic E-state index is 9.99. The number of aliphatic hydroxyl groups is 4. The fourth-order valence-corrected chi connectivity index (χ4v) is 0.944. The number of rotatable bonds is 6. The molecule has 0 unspecified atom stereocenters. The van der Waals surface area contributed by atoms with Crippen molar-refractivity contribution in [2.45, 2.75) is 24.4 Å². The van der Waals surface area contributed by atoms with Crippen molar-refractivity contribution in [1.29, 1.82) is 0 Å². The van der Waals surface area contributed by atoms with Crippen LogP contribution in [0, 0.1) is 0 Å². The number of carbonyl (C=O) groups is 1. The third-order valence-corrected chi connectivity index (χ3v) is 1.73. The summed E-state index contributed by atoms with van der Waals surface area (Å²) in [6, 6.07) is 0. The second-order valence-electron chi connectivity index (χ2n) is 2.45. The number of carbonyl (C=O) groups excluding carboxylic acids is 1. The molecule has 0 fully saturated rings. The van der Waals surface area contributed by atoms with Gasteiger partial charge in [0.05, 0.1) is 22.9 Å². The molecule has 0 bridgehead atoms. The molecule has 0 saturated heterocycles. The summed E-state index contributed by atoms with van der Waals surface area (Å²) in [6.45, 7) is -0.274. The lowest BCUT2D eigenvalue weighted by atomic mass is 10.0. The summed E-state index contributed by atoms with van der Waals surface area (Å²) in [7, 11) is 0. The molecule has 4 atom stereocenters. The molecule has 0 aromatic rings. The lowest BCUT2D eigenvalue weighted by Gasteiger charge is -2.22. The van der Waals surface area contributed by atoms with E-state index in [4.69, 9.17) is 20.4 Å². The zero-order valence-corrected chi connectivity index (χ0v) is 8.16. The molecule has 0 aliphatic carbocycles. The summed E-state index contributed by atoms with van der Waals surface area (Å²) in [4.78, 5) is 9.99. The van der Waals surface area contributed by atoms with E-state index in [0.29, 0.717) is 0 Å². The van der Waals surface area contributed by atoms with E-state index in [9.17, 15) is 4.79 Å².